The van der Waals surface area contributed by atoms with Gasteiger partial charge < -0.3 is 14.8 Å². The van der Waals surface area contributed by atoms with Crippen molar-refractivity contribution in [2.75, 3.05) is 11.9 Å². The number of amides is 2. The molecule has 1 atom stereocenters. The SMILES string of the molecule is Cc1nnc([C@H]2CCCN2C(=O)Nc2c(F)cc(Cl)cc2F)n1Cc1ccc(Cl)cc1. The molecule has 1 aliphatic rings. The predicted octanol–water partition coefficient (Wildman–Crippen LogP) is 5.59. The molecule has 0 bridgehead atoms. The Morgan fingerprint density at radius 1 is 1.13 bits per heavy atom. The van der Waals surface area contributed by atoms with Crippen molar-refractivity contribution >= 4 is 34.9 Å². The minimum Gasteiger partial charge on any atom is -0.314 e. The molecule has 2 heterocycles. The number of carbonyl (C=O) groups is 1. The van der Waals surface area contributed by atoms with Gasteiger partial charge in [0.2, 0.25) is 0 Å². The number of hydrogen-bond acceptors (Lipinski definition) is 3. The molecule has 0 unspecified atom stereocenters. The van der Waals surface area contributed by atoms with Gasteiger partial charge in [0.25, 0.3) is 0 Å². The summed E-state index contributed by atoms with van der Waals surface area (Å²) in [5.74, 6) is -0.546. The van der Waals surface area contributed by atoms with Crippen molar-refractivity contribution in [3.8, 4) is 0 Å². The smallest absolute Gasteiger partial charge is 0.314 e. The molecule has 10 heteroatoms. The summed E-state index contributed by atoms with van der Waals surface area (Å²) in [4.78, 5) is 14.4. The summed E-state index contributed by atoms with van der Waals surface area (Å²) in [6.07, 6.45) is 1.40. The second kappa shape index (κ2) is 8.80. The molecule has 6 nitrogen and oxygen atoms in total. The maximum absolute atomic E-state index is 14.1. The number of aromatic nitrogens is 3. The summed E-state index contributed by atoms with van der Waals surface area (Å²) < 4.78 is 30.2. The zero-order valence-corrected chi connectivity index (χ0v) is 18.1. The van der Waals surface area contributed by atoms with Gasteiger partial charge in [-0.1, -0.05) is 35.3 Å². The summed E-state index contributed by atoms with van der Waals surface area (Å²) in [7, 11) is 0. The van der Waals surface area contributed by atoms with Crippen LogP contribution in [0.25, 0.3) is 0 Å². The van der Waals surface area contributed by atoms with E-state index in [0.29, 0.717) is 36.2 Å². The van der Waals surface area contributed by atoms with Gasteiger partial charge in [0.15, 0.2) is 17.5 Å². The highest BCUT2D eigenvalue weighted by molar-refractivity contribution is 6.30. The number of nitrogens with one attached hydrogen (secondary N) is 1. The molecule has 1 aliphatic heterocycles. The standard InChI is InChI=1S/C21H19Cl2F2N5O/c1-12-27-28-20(30(12)11-13-4-6-14(22)7-5-13)18-3-2-8-29(18)21(31)26-19-16(24)9-15(23)10-17(19)25/h4-7,9-10,18H,2-3,8,11H2,1H3,(H,26,31)/t18-/m1/s1. The van der Waals surface area contributed by atoms with Crippen LogP contribution in [0.15, 0.2) is 36.4 Å². The van der Waals surface area contributed by atoms with Crippen LogP contribution >= 0.6 is 23.2 Å². The predicted molar refractivity (Wildman–Crippen MR) is 114 cm³/mol. The summed E-state index contributed by atoms with van der Waals surface area (Å²) in [5, 5.41) is 11.4. The molecule has 1 saturated heterocycles. The van der Waals surface area contributed by atoms with E-state index in [0.717, 1.165) is 24.1 Å². The lowest BCUT2D eigenvalue weighted by molar-refractivity contribution is 0.203. The van der Waals surface area contributed by atoms with Crippen molar-refractivity contribution in [2.45, 2.75) is 32.4 Å². The van der Waals surface area contributed by atoms with Crippen LogP contribution in [0.2, 0.25) is 10.0 Å². The van der Waals surface area contributed by atoms with Gasteiger partial charge in [0.05, 0.1) is 12.6 Å². The first kappa shape index (κ1) is 21.5. The summed E-state index contributed by atoms with van der Waals surface area (Å²) in [6, 6.07) is 8.37. The largest absolute Gasteiger partial charge is 0.322 e. The molecule has 2 amide bonds. The van der Waals surface area contributed by atoms with Gasteiger partial charge >= 0.3 is 6.03 Å². The van der Waals surface area contributed by atoms with E-state index in [1.54, 1.807) is 12.1 Å². The van der Waals surface area contributed by atoms with Crippen molar-refractivity contribution < 1.29 is 13.6 Å². The van der Waals surface area contributed by atoms with Crippen LogP contribution < -0.4 is 5.32 Å². The lowest BCUT2D eigenvalue weighted by atomic mass is 10.2. The van der Waals surface area contributed by atoms with Crippen molar-refractivity contribution in [2.24, 2.45) is 0 Å². The van der Waals surface area contributed by atoms with Gasteiger partial charge in [-0.25, -0.2) is 13.6 Å². The number of hydrogen-bond donors (Lipinski definition) is 1. The van der Waals surface area contributed by atoms with Crippen LogP contribution in [-0.2, 0) is 6.54 Å². The van der Waals surface area contributed by atoms with Crippen LogP contribution in [0.3, 0.4) is 0 Å². The first-order valence-corrected chi connectivity index (χ1v) is 10.5. The van der Waals surface area contributed by atoms with E-state index in [1.165, 1.54) is 4.90 Å². The zero-order chi connectivity index (χ0) is 22.1. The Labute approximate surface area is 187 Å². The number of carbonyl (C=O) groups excluding carboxylic acids is 1. The average Bonchev–Trinajstić information content (AvgIpc) is 3.33. The highest BCUT2D eigenvalue weighted by Crippen LogP contribution is 2.33. The van der Waals surface area contributed by atoms with Crippen LogP contribution in [0.5, 0.6) is 0 Å². The fourth-order valence-corrected chi connectivity index (χ4v) is 4.05. The summed E-state index contributed by atoms with van der Waals surface area (Å²) >= 11 is 11.6. The quantitative estimate of drug-likeness (QED) is 0.546. The van der Waals surface area contributed by atoms with Gasteiger partial charge in [-0.15, -0.1) is 10.2 Å². The van der Waals surface area contributed by atoms with Crippen LogP contribution in [0, 0.1) is 18.6 Å². The van der Waals surface area contributed by atoms with Crippen LogP contribution in [0.4, 0.5) is 19.3 Å². The highest BCUT2D eigenvalue weighted by Gasteiger charge is 2.34. The molecular weight excluding hydrogens is 447 g/mol. The minimum atomic E-state index is -0.934. The number of likely N-dealkylation sites (tertiary alicyclic amines) is 1. The minimum absolute atomic E-state index is 0.0853. The van der Waals surface area contributed by atoms with Gasteiger partial charge in [0, 0.05) is 16.6 Å². The molecule has 0 aliphatic carbocycles. The Bertz CT molecular complexity index is 1100. The molecule has 162 valence electrons. The Balaban J connectivity index is 1.58. The van der Waals surface area contributed by atoms with Gasteiger partial charge in [0.1, 0.15) is 11.5 Å². The van der Waals surface area contributed by atoms with E-state index < -0.39 is 23.4 Å². The molecular formula is C21H19Cl2F2N5O. The molecule has 4 rings (SSSR count). The van der Waals surface area contributed by atoms with Crippen molar-refractivity contribution in [3.05, 3.63) is 75.3 Å². The van der Waals surface area contributed by atoms with Crippen molar-refractivity contribution in [3.63, 3.8) is 0 Å². The van der Waals surface area contributed by atoms with E-state index in [9.17, 15) is 13.6 Å². The van der Waals surface area contributed by atoms with Crippen LogP contribution in [-0.4, -0.2) is 32.2 Å². The molecule has 0 spiro atoms. The number of benzene rings is 2. The molecule has 31 heavy (non-hydrogen) atoms. The Morgan fingerprint density at radius 3 is 2.48 bits per heavy atom. The number of urea groups is 1. The molecule has 1 fully saturated rings. The van der Waals surface area contributed by atoms with Crippen molar-refractivity contribution in [1.29, 1.82) is 0 Å². The molecule has 1 N–H and O–H groups in total. The fourth-order valence-electron chi connectivity index (χ4n) is 3.73. The molecule has 3 aromatic rings. The first-order chi connectivity index (χ1) is 14.8. The lowest BCUT2D eigenvalue weighted by Crippen LogP contribution is -2.36. The van der Waals surface area contributed by atoms with Gasteiger partial charge in [-0.05, 0) is 49.6 Å². The van der Waals surface area contributed by atoms with E-state index >= 15 is 0 Å². The summed E-state index contributed by atoms with van der Waals surface area (Å²) in [6.45, 7) is 2.78. The van der Waals surface area contributed by atoms with Gasteiger partial charge in [-0.3, -0.25) is 0 Å². The maximum atomic E-state index is 14.1. The third-order valence-corrected chi connectivity index (χ3v) is 5.74. The second-order valence-electron chi connectivity index (χ2n) is 7.34. The summed E-state index contributed by atoms with van der Waals surface area (Å²) in [5.41, 5.74) is 0.478. The zero-order valence-electron chi connectivity index (χ0n) is 16.6. The Morgan fingerprint density at radius 2 is 1.81 bits per heavy atom. The Hall–Kier alpha value is -2.71. The molecule has 2 aromatic carbocycles. The van der Waals surface area contributed by atoms with Crippen LogP contribution in [0.1, 0.15) is 36.1 Å². The molecule has 0 saturated carbocycles. The highest BCUT2D eigenvalue weighted by atomic mass is 35.5. The average molecular weight is 466 g/mol. The van der Waals surface area contributed by atoms with E-state index in [1.807, 2.05) is 23.6 Å². The topological polar surface area (TPSA) is 63.1 Å². The normalized spacial score (nSPS) is 16.0. The second-order valence-corrected chi connectivity index (χ2v) is 8.22. The first-order valence-electron chi connectivity index (χ1n) is 9.70. The number of halogens is 4. The number of anilines is 1. The van der Waals surface area contributed by atoms with E-state index in [4.69, 9.17) is 23.2 Å². The van der Waals surface area contributed by atoms with E-state index in [-0.39, 0.29) is 11.1 Å². The molecule has 1 aromatic heterocycles. The van der Waals surface area contributed by atoms with Gasteiger partial charge in [-0.2, -0.15) is 0 Å². The maximum Gasteiger partial charge on any atom is 0.322 e. The monoisotopic (exact) mass is 465 g/mol. The number of rotatable bonds is 4. The lowest BCUT2D eigenvalue weighted by Gasteiger charge is -2.25. The Kier molecular flexibility index (Phi) is 6.11. The fraction of sp³-hybridized carbons (Fsp3) is 0.286. The third-order valence-electron chi connectivity index (χ3n) is 5.27. The van der Waals surface area contributed by atoms with E-state index in [2.05, 4.69) is 15.5 Å². The third kappa shape index (κ3) is 4.50. The molecule has 0 radical (unpaired) electrons. The number of aryl methyl sites for hydroxylation is 1. The van der Waals surface area contributed by atoms with Crippen molar-refractivity contribution in [1.82, 2.24) is 19.7 Å². The number of nitrogens with zero attached hydrogens (tertiary/aromatic N) is 4.